The van der Waals surface area contributed by atoms with Crippen LogP contribution < -0.4 is 15.8 Å². The minimum atomic E-state index is -1.55. The number of methoxy groups -OCH3 is 1. The number of hydrogen-bond donors (Lipinski definition) is 2. The molecule has 2 aromatic rings. The number of aliphatic imine (C=N–C) groups is 1. The number of aldehydes is 1. The first-order valence-electron chi connectivity index (χ1n) is 10.3. The number of halogens is 1. The molecule has 3 N–H and O–H groups in total. The highest BCUT2D eigenvalue weighted by Crippen LogP contribution is 2.51. The SMILES string of the molecule is COc1cnc(C(=O)Nc2ccc(F)c([C@@]3(C)N=C(N)[C@@]4(C)C(C=O)C[C@@H]3S4=O)c2)c(C)n1. The normalized spacial score (nSPS) is 30.5. The minimum Gasteiger partial charge on any atom is -0.480 e. The molecular weight excluding hydrogens is 449 g/mol. The molecule has 2 bridgehead atoms. The second-order valence-electron chi connectivity index (χ2n) is 8.51. The van der Waals surface area contributed by atoms with Gasteiger partial charge in [-0.3, -0.25) is 14.0 Å². The van der Waals surface area contributed by atoms with Gasteiger partial charge in [-0.1, -0.05) is 0 Å². The zero-order valence-electron chi connectivity index (χ0n) is 18.6. The van der Waals surface area contributed by atoms with Gasteiger partial charge in [0.15, 0.2) is 0 Å². The zero-order valence-corrected chi connectivity index (χ0v) is 19.4. The van der Waals surface area contributed by atoms with Crippen molar-refractivity contribution in [2.24, 2.45) is 16.6 Å². The fourth-order valence-corrected chi connectivity index (χ4v) is 6.81. The predicted molar refractivity (Wildman–Crippen MR) is 121 cm³/mol. The van der Waals surface area contributed by atoms with Gasteiger partial charge in [-0.25, -0.2) is 14.4 Å². The Bertz CT molecular complexity index is 1220. The van der Waals surface area contributed by atoms with Crippen molar-refractivity contribution in [3.8, 4) is 5.88 Å². The number of carbonyl (C=O) groups excluding carboxylic acids is 2. The Morgan fingerprint density at radius 2 is 2.12 bits per heavy atom. The lowest BCUT2D eigenvalue weighted by Gasteiger charge is -2.39. The summed E-state index contributed by atoms with van der Waals surface area (Å²) in [5.74, 6) is -1.35. The van der Waals surface area contributed by atoms with E-state index in [0.717, 1.165) is 6.29 Å². The van der Waals surface area contributed by atoms with Crippen LogP contribution in [0.5, 0.6) is 5.88 Å². The standard InChI is InChI=1S/C22H24FN5O4S/c1-11-18(25-9-17(26-11)32-4)19(30)27-13-5-6-15(23)14(8-13)21(2)16-7-12(10-29)22(3,33(16)31)20(24)28-21/h5-6,8-10,12,16H,7H2,1-4H3,(H2,24,28)(H,27,30)/t12?,16-,21+,22+,33?/m0/s1. The van der Waals surface area contributed by atoms with Gasteiger partial charge in [0.25, 0.3) is 5.91 Å². The molecule has 1 saturated heterocycles. The number of fused-ring (bicyclic) bond motifs is 2. The van der Waals surface area contributed by atoms with Gasteiger partial charge < -0.3 is 20.6 Å². The van der Waals surface area contributed by atoms with Gasteiger partial charge in [0.05, 0.1) is 24.3 Å². The lowest BCUT2D eigenvalue weighted by atomic mass is 9.84. The Morgan fingerprint density at radius 1 is 1.39 bits per heavy atom. The first-order chi connectivity index (χ1) is 15.6. The van der Waals surface area contributed by atoms with Crippen LogP contribution in [0.1, 0.15) is 42.0 Å². The Kier molecular flexibility index (Phi) is 5.55. The molecule has 1 aromatic heterocycles. The van der Waals surface area contributed by atoms with Crippen molar-refractivity contribution in [2.45, 2.75) is 42.7 Å². The molecule has 2 aliphatic rings. The van der Waals surface area contributed by atoms with Crippen LogP contribution in [0.4, 0.5) is 10.1 Å². The van der Waals surface area contributed by atoms with E-state index in [4.69, 9.17) is 10.5 Å². The number of anilines is 1. The first kappa shape index (κ1) is 23.0. The first-order valence-corrected chi connectivity index (χ1v) is 11.5. The molecular formula is C22H24FN5O4S. The van der Waals surface area contributed by atoms with Crippen LogP contribution in [0.15, 0.2) is 29.4 Å². The highest BCUT2D eigenvalue weighted by molar-refractivity contribution is 7.88. The molecule has 33 heavy (non-hydrogen) atoms. The quantitative estimate of drug-likeness (QED) is 0.633. The number of aromatic nitrogens is 2. The number of hydrogen-bond acceptors (Lipinski definition) is 8. The van der Waals surface area contributed by atoms with Gasteiger partial charge in [-0.05, 0) is 45.4 Å². The largest absolute Gasteiger partial charge is 0.480 e. The maximum atomic E-state index is 15.0. The Labute approximate surface area is 192 Å². The topological polar surface area (TPSA) is 137 Å². The summed E-state index contributed by atoms with van der Waals surface area (Å²) in [6.07, 6.45) is 2.34. The van der Waals surface area contributed by atoms with E-state index in [1.54, 1.807) is 20.8 Å². The highest BCUT2D eigenvalue weighted by atomic mass is 32.2. The van der Waals surface area contributed by atoms with Crippen molar-refractivity contribution in [1.29, 1.82) is 0 Å². The number of nitrogens with one attached hydrogen (secondary N) is 1. The summed E-state index contributed by atoms with van der Waals surface area (Å²) < 4.78 is 32.3. The average molecular weight is 474 g/mol. The summed E-state index contributed by atoms with van der Waals surface area (Å²) in [6, 6.07) is 4.06. The van der Waals surface area contributed by atoms with Crippen molar-refractivity contribution < 1.29 is 22.9 Å². The molecule has 0 radical (unpaired) electrons. The van der Waals surface area contributed by atoms with Crippen LogP contribution in [-0.4, -0.2) is 49.3 Å². The number of nitrogens with zero attached hydrogens (tertiary/aromatic N) is 3. The van der Waals surface area contributed by atoms with E-state index in [2.05, 4.69) is 20.3 Å². The van der Waals surface area contributed by atoms with Crippen LogP contribution in [0.3, 0.4) is 0 Å². The number of nitrogens with two attached hydrogens (primary N) is 1. The van der Waals surface area contributed by atoms with E-state index in [0.29, 0.717) is 11.4 Å². The Hall–Kier alpha value is -3.21. The summed E-state index contributed by atoms with van der Waals surface area (Å²) in [7, 11) is -0.101. The molecule has 3 heterocycles. The third-order valence-electron chi connectivity index (χ3n) is 6.62. The highest BCUT2D eigenvalue weighted by Gasteiger charge is 2.62. The summed E-state index contributed by atoms with van der Waals surface area (Å²) in [5.41, 5.74) is 5.80. The van der Waals surface area contributed by atoms with Gasteiger partial charge in [0.2, 0.25) is 5.88 Å². The van der Waals surface area contributed by atoms with Crippen LogP contribution in [0, 0.1) is 18.7 Å². The number of carbonyl (C=O) groups is 2. The van der Waals surface area contributed by atoms with Gasteiger partial charge in [0, 0.05) is 28.0 Å². The smallest absolute Gasteiger partial charge is 0.276 e. The molecule has 2 aliphatic heterocycles. The number of ether oxygens (including phenoxy) is 1. The van der Waals surface area contributed by atoms with Gasteiger partial charge >= 0.3 is 0 Å². The van der Waals surface area contributed by atoms with E-state index >= 15 is 4.39 Å². The van der Waals surface area contributed by atoms with Crippen LogP contribution in [0.25, 0.3) is 0 Å². The predicted octanol–water partition coefficient (Wildman–Crippen LogP) is 1.87. The molecule has 1 fully saturated rings. The van der Waals surface area contributed by atoms with Crippen LogP contribution in [-0.2, 0) is 21.1 Å². The summed E-state index contributed by atoms with van der Waals surface area (Å²) in [6.45, 7) is 4.93. The van der Waals surface area contributed by atoms with Gasteiger partial charge in [-0.15, -0.1) is 0 Å². The molecule has 11 heteroatoms. The minimum absolute atomic E-state index is 0.0622. The fraction of sp³-hybridized carbons (Fsp3) is 0.409. The Morgan fingerprint density at radius 3 is 2.76 bits per heavy atom. The van der Waals surface area contributed by atoms with Crippen molar-refractivity contribution in [2.75, 3.05) is 12.4 Å². The molecule has 0 saturated carbocycles. The van der Waals surface area contributed by atoms with E-state index in [-0.39, 0.29) is 29.4 Å². The average Bonchev–Trinajstić information content (AvgIpc) is 3.01. The van der Waals surface area contributed by atoms with Crippen molar-refractivity contribution >= 4 is 34.5 Å². The number of benzene rings is 1. The zero-order chi connectivity index (χ0) is 24.1. The third-order valence-corrected chi connectivity index (χ3v) is 9.14. The lowest BCUT2D eigenvalue weighted by Crippen LogP contribution is -2.55. The van der Waals surface area contributed by atoms with Crippen molar-refractivity contribution in [3.05, 3.63) is 47.2 Å². The molecule has 1 amide bonds. The van der Waals surface area contributed by atoms with Gasteiger partial charge in [-0.2, -0.15) is 0 Å². The monoisotopic (exact) mass is 473 g/mol. The fourth-order valence-electron chi connectivity index (χ4n) is 4.53. The number of aryl methyl sites for hydroxylation is 1. The van der Waals surface area contributed by atoms with E-state index in [1.165, 1.54) is 31.5 Å². The van der Waals surface area contributed by atoms with Crippen LogP contribution in [0.2, 0.25) is 0 Å². The van der Waals surface area contributed by atoms with Gasteiger partial charge in [0.1, 0.15) is 33.9 Å². The number of amidine groups is 1. The summed E-state index contributed by atoms with van der Waals surface area (Å²) in [4.78, 5) is 37.2. The van der Waals surface area contributed by atoms with Crippen LogP contribution >= 0.6 is 0 Å². The molecule has 1 aromatic carbocycles. The van der Waals surface area contributed by atoms with E-state index in [1.807, 2.05) is 0 Å². The molecule has 0 spiro atoms. The number of amides is 1. The Balaban J connectivity index is 1.71. The maximum Gasteiger partial charge on any atom is 0.276 e. The molecule has 2 unspecified atom stereocenters. The molecule has 0 aliphatic carbocycles. The summed E-state index contributed by atoms with van der Waals surface area (Å²) >= 11 is 0. The molecule has 174 valence electrons. The molecule has 9 nitrogen and oxygen atoms in total. The van der Waals surface area contributed by atoms with Crippen molar-refractivity contribution in [3.63, 3.8) is 0 Å². The van der Waals surface area contributed by atoms with E-state index in [9.17, 15) is 13.8 Å². The second-order valence-corrected chi connectivity index (χ2v) is 10.5. The summed E-state index contributed by atoms with van der Waals surface area (Å²) in [5, 5.41) is 2.08. The molecule has 4 rings (SSSR count). The maximum absolute atomic E-state index is 15.0. The van der Waals surface area contributed by atoms with E-state index < -0.39 is 44.0 Å². The second kappa shape index (κ2) is 7.98. The van der Waals surface area contributed by atoms with Crippen molar-refractivity contribution in [1.82, 2.24) is 9.97 Å². The number of rotatable bonds is 5. The lowest BCUT2D eigenvalue weighted by molar-refractivity contribution is -0.111. The third kappa shape index (κ3) is 3.41. The molecule has 5 atom stereocenters.